The first-order valence-corrected chi connectivity index (χ1v) is 11.5. The standard InChI is InChI=1S/C27H32N2O6/c1-16(2)13-14-23(26(31)32)28-25(30)24(17(3)34-4)29-27(33)35-15-22-20-11-7-5-9-18(20)19-10-6-8-12-21(19)22/h5-13,17,22-24H,14-15H2,1-4H3,(H,28,30)(H,29,33)(H,31,32)/t17-,23?,24+/m1/s1. The van der Waals surface area contributed by atoms with Crippen LogP contribution in [0.2, 0.25) is 0 Å². The van der Waals surface area contributed by atoms with Crippen LogP contribution in [0.15, 0.2) is 60.2 Å². The number of ether oxygens (including phenoxy) is 2. The average molecular weight is 481 g/mol. The number of fused-ring (bicyclic) bond motifs is 3. The number of hydrogen-bond acceptors (Lipinski definition) is 5. The molecule has 3 rings (SSSR count). The average Bonchev–Trinajstić information content (AvgIpc) is 3.16. The van der Waals surface area contributed by atoms with E-state index in [4.69, 9.17) is 9.47 Å². The Labute approximate surface area is 205 Å². The molecule has 8 nitrogen and oxygen atoms in total. The molecule has 3 atom stereocenters. The number of alkyl carbamates (subject to hydrolysis) is 1. The van der Waals surface area contributed by atoms with Gasteiger partial charge in [0, 0.05) is 13.0 Å². The Balaban J connectivity index is 1.68. The molecule has 1 aliphatic rings. The third kappa shape index (κ3) is 6.27. The SMILES string of the molecule is CO[C@H](C)[C@H](NC(=O)OCC1c2ccccc2-c2ccccc21)C(=O)NC(CC=C(C)C)C(=O)O. The van der Waals surface area contributed by atoms with Gasteiger partial charge in [-0.25, -0.2) is 9.59 Å². The second kappa shape index (κ2) is 11.7. The molecule has 35 heavy (non-hydrogen) atoms. The highest BCUT2D eigenvalue weighted by molar-refractivity contribution is 5.89. The van der Waals surface area contributed by atoms with Crippen molar-refractivity contribution in [2.75, 3.05) is 13.7 Å². The Hall–Kier alpha value is -3.65. The smallest absolute Gasteiger partial charge is 0.407 e. The third-order valence-corrected chi connectivity index (χ3v) is 6.12. The molecule has 0 spiro atoms. The molecule has 1 unspecified atom stereocenters. The zero-order valence-electron chi connectivity index (χ0n) is 20.4. The Morgan fingerprint density at radius 2 is 1.57 bits per heavy atom. The van der Waals surface area contributed by atoms with Gasteiger partial charge in [-0.15, -0.1) is 0 Å². The Kier molecular flexibility index (Phi) is 8.65. The fourth-order valence-electron chi connectivity index (χ4n) is 4.14. The topological polar surface area (TPSA) is 114 Å². The minimum atomic E-state index is -1.17. The number of hydrogen-bond donors (Lipinski definition) is 3. The summed E-state index contributed by atoms with van der Waals surface area (Å²) in [6.45, 7) is 5.39. The monoisotopic (exact) mass is 480 g/mol. The molecule has 0 bridgehead atoms. The maximum atomic E-state index is 12.9. The summed E-state index contributed by atoms with van der Waals surface area (Å²) in [6, 6.07) is 13.7. The van der Waals surface area contributed by atoms with Gasteiger partial charge in [-0.05, 0) is 49.4 Å². The second-order valence-corrected chi connectivity index (χ2v) is 8.80. The molecule has 0 fully saturated rings. The summed E-state index contributed by atoms with van der Waals surface area (Å²) >= 11 is 0. The molecule has 2 amide bonds. The van der Waals surface area contributed by atoms with E-state index in [1.54, 1.807) is 13.0 Å². The van der Waals surface area contributed by atoms with Gasteiger partial charge in [-0.2, -0.15) is 0 Å². The molecule has 0 saturated carbocycles. The number of aliphatic carboxylic acids is 1. The maximum Gasteiger partial charge on any atom is 0.407 e. The van der Waals surface area contributed by atoms with Gasteiger partial charge in [0.05, 0.1) is 6.10 Å². The van der Waals surface area contributed by atoms with E-state index < -0.39 is 36.2 Å². The predicted molar refractivity (Wildman–Crippen MR) is 132 cm³/mol. The van der Waals surface area contributed by atoms with E-state index in [0.717, 1.165) is 27.8 Å². The molecule has 0 aliphatic heterocycles. The molecule has 2 aromatic carbocycles. The normalized spacial score (nSPS) is 14.6. The number of allylic oxidation sites excluding steroid dienone is 1. The molecule has 0 radical (unpaired) electrons. The minimum absolute atomic E-state index is 0.0912. The van der Waals surface area contributed by atoms with Gasteiger partial charge in [0.1, 0.15) is 18.7 Å². The first-order chi connectivity index (χ1) is 16.7. The van der Waals surface area contributed by atoms with E-state index in [1.807, 2.05) is 62.4 Å². The van der Waals surface area contributed by atoms with E-state index in [0.29, 0.717) is 0 Å². The highest BCUT2D eigenvalue weighted by Gasteiger charge is 2.32. The lowest BCUT2D eigenvalue weighted by atomic mass is 9.98. The van der Waals surface area contributed by atoms with Gasteiger partial charge >= 0.3 is 12.1 Å². The molecule has 8 heteroatoms. The number of methoxy groups -OCH3 is 1. The molecular weight excluding hydrogens is 448 g/mol. The molecule has 2 aromatic rings. The van der Waals surface area contributed by atoms with Gasteiger partial charge in [-0.1, -0.05) is 60.2 Å². The molecule has 0 heterocycles. The molecular formula is C27H32N2O6. The summed E-state index contributed by atoms with van der Waals surface area (Å²) in [4.78, 5) is 37.2. The summed E-state index contributed by atoms with van der Waals surface area (Å²) in [5.41, 5.74) is 5.30. The van der Waals surface area contributed by atoms with Gasteiger partial charge < -0.3 is 25.2 Å². The van der Waals surface area contributed by atoms with Crippen molar-refractivity contribution in [1.29, 1.82) is 0 Å². The van der Waals surface area contributed by atoms with Crippen LogP contribution >= 0.6 is 0 Å². The van der Waals surface area contributed by atoms with Crippen LogP contribution in [-0.2, 0) is 19.1 Å². The van der Waals surface area contributed by atoms with E-state index in [-0.39, 0.29) is 18.9 Å². The van der Waals surface area contributed by atoms with Crippen molar-refractivity contribution in [3.05, 3.63) is 71.3 Å². The quantitative estimate of drug-likeness (QED) is 0.445. The maximum absolute atomic E-state index is 12.9. The Morgan fingerprint density at radius 3 is 2.09 bits per heavy atom. The van der Waals surface area contributed by atoms with Crippen molar-refractivity contribution in [3.8, 4) is 11.1 Å². The zero-order valence-corrected chi connectivity index (χ0v) is 20.4. The van der Waals surface area contributed by atoms with E-state index >= 15 is 0 Å². The summed E-state index contributed by atoms with van der Waals surface area (Å²) in [5, 5.41) is 14.5. The molecule has 1 aliphatic carbocycles. The van der Waals surface area contributed by atoms with Gasteiger partial charge in [0.2, 0.25) is 5.91 Å². The number of nitrogens with one attached hydrogen (secondary N) is 2. The van der Waals surface area contributed by atoms with Gasteiger partial charge in [0.25, 0.3) is 0 Å². The molecule has 3 N–H and O–H groups in total. The lowest BCUT2D eigenvalue weighted by Gasteiger charge is -2.25. The van der Waals surface area contributed by atoms with Crippen LogP contribution in [0.25, 0.3) is 11.1 Å². The van der Waals surface area contributed by atoms with Crippen LogP contribution in [-0.4, -0.2) is 55.0 Å². The Morgan fingerprint density at radius 1 is 1.00 bits per heavy atom. The summed E-state index contributed by atoms with van der Waals surface area (Å²) in [6.07, 6.45) is 0.357. The number of benzene rings is 2. The first kappa shape index (κ1) is 26.0. The van der Waals surface area contributed by atoms with Crippen molar-refractivity contribution in [2.24, 2.45) is 0 Å². The lowest BCUT2D eigenvalue weighted by Crippen LogP contribution is -2.56. The van der Waals surface area contributed by atoms with E-state index in [9.17, 15) is 19.5 Å². The number of carboxylic acid groups (broad SMARTS) is 1. The zero-order chi connectivity index (χ0) is 25.5. The first-order valence-electron chi connectivity index (χ1n) is 11.5. The number of carbonyl (C=O) groups is 3. The van der Waals surface area contributed by atoms with Gasteiger partial charge in [-0.3, -0.25) is 4.79 Å². The summed E-state index contributed by atoms with van der Waals surface area (Å²) in [5.74, 6) is -1.95. The highest BCUT2D eigenvalue weighted by atomic mass is 16.5. The van der Waals surface area contributed by atoms with Crippen molar-refractivity contribution >= 4 is 18.0 Å². The van der Waals surface area contributed by atoms with E-state index in [2.05, 4.69) is 10.6 Å². The number of carboxylic acids is 1. The molecule has 0 aromatic heterocycles. The summed E-state index contributed by atoms with van der Waals surface area (Å²) < 4.78 is 10.8. The van der Waals surface area contributed by atoms with E-state index in [1.165, 1.54) is 7.11 Å². The van der Waals surface area contributed by atoms with Crippen LogP contribution in [0, 0.1) is 0 Å². The van der Waals surface area contributed by atoms with Crippen LogP contribution in [0.1, 0.15) is 44.2 Å². The van der Waals surface area contributed by atoms with Gasteiger partial charge in [0.15, 0.2) is 0 Å². The number of rotatable bonds is 10. The largest absolute Gasteiger partial charge is 0.480 e. The van der Waals surface area contributed by atoms with Crippen molar-refractivity contribution in [1.82, 2.24) is 10.6 Å². The van der Waals surface area contributed by atoms with Crippen molar-refractivity contribution < 1.29 is 29.0 Å². The third-order valence-electron chi connectivity index (χ3n) is 6.12. The predicted octanol–water partition coefficient (Wildman–Crippen LogP) is 3.85. The van der Waals surface area contributed by atoms with Crippen LogP contribution in [0.3, 0.4) is 0 Å². The van der Waals surface area contributed by atoms with Crippen LogP contribution in [0.5, 0.6) is 0 Å². The number of amides is 2. The number of carbonyl (C=O) groups excluding carboxylic acids is 2. The fourth-order valence-corrected chi connectivity index (χ4v) is 4.14. The summed E-state index contributed by atoms with van der Waals surface area (Å²) in [7, 11) is 1.40. The van der Waals surface area contributed by atoms with Crippen molar-refractivity contribution in [2.45, 2.75) is 51.3 Å². The molecule has 0 saturated heterocycles. The lowest BCUT2D eigenvalue weighted by molar-refractivity contribution is -0.142. The minimum Gasteiger partial charge on any atom is -0.480 e. The molecule has 186 valence electrons. The van der Waals surface area contributed by atoms with Crippen LogP contribution < -0.4 is 10.6 Å². The fraction of sp³-hybridized carbons (Fsp3) is 0.370. The van der Waals surface area contributed by atoms with Crippen LogP contribution in [0.4, 0.5) is 4.79 Å². The Bertz CT molecular complexity index is 1060. The second-order valence-electron chi connectivity index (χ2n) is 8.80. The van der Waals surface area contributed by atoms with Crippen molar-refractivity contribution in [3.63, 3.8) is 0 Å². The highest BCUT2D eigenvalue weighted by Crippen LogP contribution is 2.44.